The molecule has 6 nitrogen and oxygen atoms in total. The van der Waals surface area contributed by atoms with Crippen LogP contribution in [0.3, 0.4) is 0 Å². The molecule has 0 bridgehead atoms. The molecule has 0 aliphatic heterocycles. The lowest BCUT2D eigenvalue weighted by atomic mass is 10.3. The van der Waals surface area contributed by atoms with Crippen molar-refractivity contribution in [1.82, 2.24) is 0 Å². The molecule has 0 saturated heterocycles. The number of carbonyl (C=O) groups excluding carboxylic acids is 1. The number of carbonyl (C=O) groups is 1. The Morgan fingerprint density at radius 3 is 2.86 bits per heavy atom. The molecule has 1 saturated carbocycles. The lowest BCUT2D eigenvalue weighted by Gasteiger charge is -2.16. The molecule has 1 aliphatic rings. The van der Waals surface area contributed by atoms with E-state index in [2.05, 4.69) is 4.74 Å². The summed E-state index contributed by atoms with van der Waals surface area (Å²) in [6.07, 6.45) is 3.66. The summed E-state index contributed by atoms with van der Waals surface area (Å²) in [5.74, 6) is 6.37. The molecule has 7 heteroatoms. The van der Waals surface area contributed by atoms with Gasteiger partial charge in [0, 0.05) is 6.07 Å². The summed E-state index contributed by atoms with van der Waals surface area (Å²) in [6.45, 7) is 0.647. The van der Waals surface area contributed by atoms with E-state index in [0.29, 0.717) is 29.0 Å². The van der Waals surface area contributed by atoms with E-state index in [1.807, 2.05) is 0 Å². The maximum absolute atomic E-state index is 11.2. The number of anilines is 1. The predicted molar refractivity (Wildman–Crippen MR) is 80.6 cm³/mol. The van der Waals surface area contributed by atoms with Crippen molar-refractivity contribution in [2.45, 2.75) is 12.8 Å². The number of ether oxygens (including phenoxy) is 2. The minimum Gasteiger partial charge on any atom is -0.492 e. The van der Waals surface area contributed by atoms with Gasteiger partial charge in [0.2, 0.25) is 0 Å². The number of hydrogen-bond acceptors (Lipinski definition) is 6. The van der Waals surface area contributed by atoms with E-state index in [1.54, 1.807) is 18.2 Å². The van der Waals surface area contributed by atoms with Crippen LogP contribution in [0.15, 0.2) is 30.1 Å². The number of esters is 1. The van der Waals surface area contributed by atoms with Crippen LogP contribution in [0, 0.1) is 5.92 Å². The van der Waals surface area contributed by atoms with Gasteiger partial charge in [-0.3, -0.25) is 5.01 Å². The van der Waals surface area contributed by atoms with Crippen molar-refractivity contribution in [3.05, 3.63) is 35.1 Å². The zero-order valence-electron chi connectivity index (χ0n) is 11.7. The zero-order chi connectivity index (χ0) is 15.4. The Morgan fingerprint density at radius 2 is 2.24 bits per heavy atom. The van der Waals surface area contributed by atoms with E-state index >= 15 is 0 Å². The monoisotopic (exact) mass is 311 g/mol. The SMILES string of the molecule is COC(=O)/C(N)=C/N(N)c1ccc(Cl)c(OCC2CC2)c1. The number of hydrogen-bond donors (Lipinski definition) is 2. The molecule has 0 atom stereocenters. The number of benzene rings is 1. The summed E-state index contributed by atoms with van der Waals surface area (Å²) in [5, 5.41) is 1.73. The first-order valence-corrected chi connectivity index (χ1v) is 6.91. The molecule has 0 aromatic heterocycles. The summed E-state index contributed by atoms with van der Waals surface area (Å²) in [7, 11) is 1.25. The van der Waals surface area contributed by atoms with E-state index in [0.717, 1.165) is 0 Å². The van der Waals surface area contributed by atoms with Crippen LogP contribution in [-0.4, -0.2) is 19.7 Å². The molecular weight excluding hydrogens is 294 g/mol. The third-order valence-electron chi connectivity index (χ3n) is 3.08. The average molecular weight is 312 g/mol. The molecule has 4 N–H and O–H groups in total. The smallest absolute Gasteiger partial charge is 0.355 e. The predicted octanol–water partition coefficient (Wildman–Crippen LogP) is 1.78. The summed E-state index contributed by atoms with van der Waals surface area (Å²) < 4.78 is 10.2. The van der Waals surface area contributed by atoms with Gasteiger partial charge in [-0.2, -0.15) is 0 Å². The molecule has 0 spiro atoms. The van der Waals surface area contributed by atoms with Crippen LogP contribution in [-0.2, 0) is 9.53 Å². The van der Waals surface area contributed by atoms with Crippen LogP contribution in [0.5, 0.6) is 5.75 Å². The lowest BCUT2D eigenvalue weighted by Crippen LogP contribution is -2.28. The molecule has 0 heterocycles. The third-order valence-corrected chi connectivity index (χ3v) is 3.40. The van der Waals surface area contributed by atoms with Crippen molar-refractivity contribution in [3.8, 4) is 5.75 Å². The molecule has 2 rings (SSSR count). The molecule has 1 aromatic rings. The first kappa shape index (κ1) is 15.5. The maximum atomic E-state index is 11.2. The Kier molecular flexibility index (Phi) is 4.93. The second-order valence-corrected chi connectivity index (χ2v) is 5.26. The average Bonchev–Trinajstić information content (AvgIpc) is 3.29. The number of nitrogens with zero attached hydrogens (tertiary/aromatic N) is 1. The first-order valence-electron chi connectivity index (χ1n) is 6.53. The molecule has 0 amide bonds. The van der Waals surface area contributed by atoms with Crippen molar-refractivity contribution >= 4 is 23.3 Å². The van der Waals surface area contributed by atoms with Gasteiger partial charge >= 0.3 is 5.97 Å². The van der Waals surface area contributed by atoms with Gasteiger partial charge in [0.05, 0.1) is 30.6 Å². The van der Waals surface area contributed by atoms with E-state index in [9.17, 15) is 4.79 Å². The summed E-state index contributed by atoms with van der Waals surface area (Å²) in [4.78, 5) is 11.2. The van der Waals surface area contributed by atoms with Crippen molar-refractivity contribution < 1.29 is 14.3 Å². The minimum absolute atomic E-state index is 0.101. The highest BCUT2D eigenvalue weighted by Gasteiger charge is 2.22. The van der Waals surface area contributed by atoms with E-state index in [1.165, 1.54) is 31.2 Å². The number of methoxy groups -OCH3 is 1. The zero-order valence-corrected chi connectivity index (χ0v) is 12.5. The molecule has 0 unspecified atom stereocenters. The van der Waals surface area contributed by atoms with Gasteiger partial charge < -0.3 is 15.2 Å². The highest BCUT2D eigenvalue weighted by molar-refractivity contribution is 6.32. The Morgan fingerprint density at radius 1 is 1.52 bits per heavy atom. The van der Waals surface area contributed by atoms with E-state index in [4.69, 9.17) is 27.9 Å². The topological polar surface area (TPSA) is 90.8 Å². The quantitative estimate of drug-likeness (QED) is 0.360. The Balaban J connectivity index is 2.11. The molecule has 1 aromatic carbocycles. The van der Waals surface area contributed by atoms with E-state index < -0.39 is 5.97 Å². The molecular formula is C14H18ClN3O3. The normalized spacial score (nSPS) is 14.7. The molecule has 1 fully saturated rings. The second-order valence-electron chi connectivity index (χ2n) is 4.85. The molecule has 21 heavy (non-hydrogen) atoms. The van der Waals surface area contributed by atoms with Gasteiger partial charge in [-0.05, 0) is 30.9 Å². The molecule has 1 aliphatic carbocycles. The number of rotatable bonds is 6. The van der Waals surface area contributed by atoms with Crippen LogP contribution in [0.1, 0.15) is 12.8 Å². The second kappa shape index (κ2) is 6.69. The first-order chi connectivity index (χ1) is 10.0. The van der Waals surface area contributed by atoms with Gasteiger partial charge in [-0.25, -0.2) is 10.6 Å². The number of hydrazine groups is 1. The highest BCUT2D eigenvalue weighted by atomic mass is 35.5. The number of nitrogens with two attached hydrogens (primary N) is 2. The standard InChI is InChI=1S/C14H18ClN3O3/c1-20-14(19)12(16)7-18(17)10-4-5-11(15)13(6-10)21-8-9-2-3-9/h4-7,9H,2-3,8,16-17H2,1H3/b12-7-. The Hall–Kier alpha value is -1.92. The van der Waals surface area contributed by atoms with Gasteiger partial charge in [0.1, 0.15) is 11.4 Å². The summed E-state index contributed by atoms with van der Waals surface area (Å²) in [6, 6.07) is 5.08. The largest absolute Gasteiger partial charge is 0.492 e. The lowest BCUT2D eigenvalue weighted by molar-refractivity contribution is -0.136. The van der Waals surface area contributed by atoms with Crippen molar-refractivity contribution in [3.63, 3.8) is 0 Å². The summed E-state index contributed by atoms with van der Waals surface area (Å²) in [5.41, 5.74) is 6.04. The number of halogens is 1. The van der Waals surface area contributed by atoms with Crippen LogP contribution in [0.4, 0.5) is 5.69 Å². The minimum atomic E-state index is -0.648. The van der Waals surface area contributed by atoms with Crippen LogP contribution in [0.2, 0.25) is 5.02 Å². The van der Waals surface area contributed by atoms with Gasteiger partial charge in [0.15, 0.2) is 0 Å². The van der Waals surface area contributed by atoms with E-state index in [-0.39, 0.29) is 5.70 Å². The molecule has 114 valence electrons. The fourth-order valence-electron chi connectivity index (χ4n) is 1.65. The maximum Gasteiger partial charge on any atom is 0.355 e. The summed E-state index contributed by atoms with van der Waals surface area (Å²) >= 11 is 6.08. The fourth-order valence-corrected chi connectivity index (χ4v) is 1.82. The van der Waals surface area contributed by atoms with Crippen molar-refractivity contribution in [2.75, 3.05) is 18.7 Å². The van der Waals surface area contributed by atoms with Gasteiger partial charge in [0.25, 0.3) is 0 Å². The highest BCUT2D eigenvalue weighted by Crippen LogP contribution is 2.33. The molecule has 0 radical (unpaired) electrons. The van der Waals surface area contributed by atoms with Gasteiger partial charge in [-0.1, -0.05) is 11.6 Å². The Labute approximate surface area is 128 Å². The Bertz CT molecular complexity index is 558. The fraction of sp³-hybridized carbons (Fsp3) is 0.357. The van der Waals surface area contributed by atoms with Crippen molar-refractivity contribution in [1.29, 1.82) is 0 Å². The van der Waals surface area contributed by atoms with Crippen LogP contribution < -0.4 is 21.3 Å². The van der Waals surface area contributed by atoms with Crippen LogP contribution >= 0.6 is 11.6 Å². The van der Waals surface area contributed by atoms with Gasteiger partial charge in [-0.15, -0.1) is 0 Å². The van der Waals surface area contributed by atoms with Crippen LogP contribution in [0.25, 0.3) is 0 Å². The third kappa shape index (κ3) is 4.27. The van der Waals surface area contributed by atoms with Crippen molar-refractivity contribution in [2.24, 2.45) is 17.5 Å².